The number of hydrogen-bond donors (Lipinski definition) is 0. The number of benzene rings is 1. The second-order valence-corrected chi connectivity index (χ2v) is 5.96. The SMILES string of the molecule is CCN(Cc1ccc(OC)cc1)C(=O)CC1CCCCC1. The van der Waals surface area contributed by atoms with Crippen LogP contribution in [0.15, 0.2) is 24.3 Å². The van der Waals surface area contributed by atoms with Gasteiger partial charge in [0.05, 0.1) is 7.11 Å². The van der Waals surface area contributed by atoms with Gasteiger partial charge in [0.15, 0.2) is 0 Å². The van der Waals surface area contributed by atoms with Crippen LogP contribution >= 0.6 is 0 Å². The molecule has 3 heteroatoms. The fraction of sp³-hybridized carbons (Fsp3) is 0.611. The maximum Gasteiger partial charge on any atom is 0.223 e. The largest absolute Gasteiger partial charge is 0.497 e. The van der Waals surface area contributed by atoms with E-state index in [1.54, 1.807) is 7.11 Å². The van der Waals surface area contributed by atoms with E-state index >= 15 is 0 Å². The molecule has 1 aliphatic carbocycles. The van der Waals surface area contributed by atoms with Crippen molar-refractivity contribution in [1.29, 1.82) is 0 Å². The van der Waals surface area contributed by atoms with Gasteiger partial charge >= 0.3 is 0 Å². The van der Waals surface area contributed by atoms with Crippen molar-refractivity contribution in [2.75, 3.05) is 13.7 Å². The van der Waals surface area contributed by atoms with Gasteiger partial charge in [0.25, 0.3) is 0 Å². The van der Waals surface area contributed by atoms with Crippen LogP contribution < -0.4 is 4.74 Å². The Kier molecular flexibility index (Phi) is 6.09. The van der Waals surface area contributed by atoms with Crippen LogP contribution in [0.3, 0.4) is 0 Å². The van der Waals surface area contributed by atoms with Gasteiger partial charge in [-0.3, -0.25) is 4.79 Å². The van der Waals surface area contributed by atoms with Crippen LogP contribution in [0.4, 0.5) is 0 Å². The molecule has 1 aromatic rings. The molecule has 0 bridgehead atoms. The van der Waals surface area contributed by atoms with Crippen molar-refractivity contribution in [1.82, 2.24) is 4.90 Å². The van der Waals surface area contributed by atoms with Crippen molar-refractivity contribution in [3.05, 3.63) is 29.8 Å². The molecule has 0 heterocycles. The Morgan fingerprint density at radius 1 is 1.19 bits per heavy atom. The van der Waals surface area contributed by atoms with Gasteiger partial charge in [-0.25, -0.2) is 0 Å². The summed E-state index contributed by atoms with van der Waals surface area (Å²) in [5.41, 5.74) is 1.16. The molecular weight excluding hydrogens is 262 g/mol. The minimum Gasteiger partial charge on any atom is -0.497 e. The predicted molar refractivity (Wildman–Crippen MR) is 85.3 cm³/mol. The average Bonchev–Trinajstić information content (AvgIpc) is 2.54. The molecule has 0 aromatic heterocycles. The van der Waals surface area contributed by atoms with E-state index in [1.807, 2.05) is 29.2 Å². The zero-order valence-corrected chi connectivity index (χ0v) is 13.3. The van der Waals surface area contributed by atoms with E-state index in [4.69, 9.17) is 4.74 Å². The topological polar surface area (TPSA) is 29.5 Å². The second-order valence-electron chi connectivity index (χ2n) is 5.96. The third kappa shape index (κ3) is 4.76. The molecule has 0 atom stereocenters. The second kappa shape index (κ2) is 8.06. The highest BCUT2D eigenvalue weighted by atomic mass is 16.5. The third-order valence-electron chi connectivity index (χ3n) is 4.45. The first-order chi connectivity index (χ1) is 10.2. The van der Waals surface area contributed by atoms with Crippen LogP contribution in [0, 0.1) is 5.92 Å². The summed E-state index contributed by atoms with van der Waals surface area (Å²) in [6.45, 7) is 3.53. The first kappa shape index (κ1) is 15.9. The van der Waals surface area contributed by atoms with E-state index in [-0.39, 0.29) is 0 Å². The molecule has 1 aromatic carbocycles. The molecule has 21 heavy (non-hydrogen) atoms. The van der Waals surface area contributed by atoms with Crippen LogP contribution in [0.1, 0.15) is 51.0 Å². The first-order valence-corrected chi connectivity index (χ1v) is 8.13. The van der Waals surface area contributed by atoms with Crippen LogP contribution in [0.25, 0.3) is 0 Å². The number of carbonyl (C=O) groups excluding carboxylic acids is 1. The number of carbonyl (C=O) groups is 1. The summed E-state index contributed by atoms with van der Waals surface area (Å²) < 4.78 is 5.17. The molecule has 1 saturated carbocycles. The molecule has 0 spiro atoms. The Bertz CT molecular complexity index is 435. The van der Waals surface area contributed by atoms with Crippen molar-refractivity contribution in [3.63, 3.8) is 0 Å². The molecule has 0 aliphatic heterocycles. The quantitative estimate of drug-likeness (QED) is 0.791. The number of hydrogen-bond acceptors (Lipinski definition) is 2. The van der Waals surface area contributed by atoms with E-state index in [2.05, 4.69) is 6.92 Å². The summed E-state index contributed by atoms with van der Waals surface area (Å²) in [5.74, 6) is 1.77. The van der Waals surface area contributed by atoms with Crippen molar-refractivity contribution >= 4 is 5.91 Å². The van der Waals surface area contributed by atoms with Gasteiger partial charge in [0.2, 0.25) is 5.91 Å². The van der Waals surface area contributed by atoms with Gasteiger partial charge in [-0.15, -0.1) is 0 Å². The van der Waals surface area contributed by atoms with Gasteiger partial charge < -0.3 is 9.64 Å². The molecule has 116 valence electrons. The summed E-state index contributed by atoms with van der Waals surface area (Å²) in [5, 5.41) is 0. The summed E-state index contributed by atoms with van der Waals surface area (Å²) in [7, 11) is 1.67. The normalized spacial score (nSPS) is 15.7. The Labute approximate surface area is 128 Å². The minimum atomic E-state index is 0.306. The standard InChI is InChI=1S/C18H27NO2/c1-3-19(14-16-9-11-17(21-2)12-10-16)18(20)13-15-7-5-4-6-8-15/h9-12,15H,3-8,13-14H2,1-2H3. The van der Waals surface area contributed by atoms with Gasteiger partial charge in [0.1, 0.15) is 5.75 Å². The highest BCUT2D eigenvalue weighted by Gasteiger charge is 2.20. The highest BCUT2D eigenvalue weighted by molar-refractivity contribution is 5.76. The lowest BCUT2D eigenvalue weighted by Crippen LogP contribution is -2.32. The molecule has 3 nitrogen and oxygen atoms in total. The van der Waals surface area contributed by atoms with Crippen molar-refractivity contribution in [3.8, 4) is 5.75 Å². The lowest BCUT2D eigenvalue weighted by molar-refractivity contribution is -0.132. The monoisotopic (exact) mass is 289 g/mol. The average molecular weight is 289 g/mol. The van der Waals surface area contributed by atoms with Crippen molar-refractivity contribution in [2.24, 2.45) is 5.92 Å². The van der Waals surface area contributed by atoms with Crippen LogP contribution in [-0.4, -0.2) is 24.5 Å². The maximum absolute atomic E-state index is 12.5. The Morgan fingerprint density at radius 3 is 2.43 bits per heavy atom. The smallest absolute Gasteiger partial charge is 0.223 e. The molecule has 1 aliphatic rings. The molecule has 0 N–H and O–H groups in total. The molecule has 2 rings (SSSR count). The van der Waals surface area contributed by atoms with E-state index in [9.17, 15) is 4.79 Å². The molecule has 0 unspecified atom stereocenters. The lowest BCUT2D eigenvalue weighted by atomic mass is 9.86. The summed E-state index contributed by atoms with van der Waals surface area (Å²) in [6.07, 6.45) is 7.11. The Morgan fingerprint density at radius 2 is 1.86 bits per heavy atom. The van der Waals surface area contributed by atoms with Crippen LogP contribution in [0.2, 0.25) is 0 Å². The summed E-state index contributed by atoms with van der Waals surface area (Å²) in [6, 6.07) is 7.98. The summed E-state index contributed by atoms with van der Waals surface area (Å²) >= 11 is 0. The molecule has 1 amide bonds. The Hall–Kier alpha value is -1.51. The van der Waals surface area contributed by atoms with Crippen LogP contribution in [0.5, 0.6) is 5.75 Å². The van der Waals surface area contributed by atoms with Gasteiger partial charge in [-0.1, -0.05) is 31.4 Å². The number of amides is 1. The molecular formula is C18H27NO2. The van der Waals surface area contributed by atoms with Crippen molar-refractivity contribution in [2.45, 2.75) is 52.0 Å². The number of rotatable bonds is 6. The number of nitrogens with zero attached hydrogens (tertiary/aromatic N) is 1. The zero-order chi connectivity index (χ0) is 15.1. The third-order valence-corrected chi connectivity index (χ3v) is 4.45. The number of ether oxygens (including phenoxy) is 1. The maximum atomic E-state index is 12.5. The van der Waals surface area contributed by atoms with E-state index in [0.29, 0.717) is 18.4 Å². The number of methoxy groups -OCH3 is 1. The van der Waals surface area contributed by atoms with Gasteiger partial charge in [-0.05, 0) is 43.4 Å². The van der Waals surface area contributed by atoms with Crippen LogP contribution in [-0.2, 0) is 11.3 Å². The highest BCUT2D eigenvalue weighted by Crippen LogP contribution is 2.27. The fourth-order valence-corrected chi connectivity index (χ4v) is 3.09. The predicted octanol–water partition coefficient (Wildman–Crippen LogP) is 4.01. The van der Waals surface area contributed by atoms with E-state index in [0.717, 1.165) is 24.3 Å². The molecule has 0 radical (unpaired) electrons. The Balaban J connectivity index is 1.89. The summed E-state index contributed by atoms with van der Waals surface area (Å²) in [4.78, 5) is 14.4. The van der Waals surface area contributed by atoms with Gasteiger partial charge in [0, 0.05) is 19.5 Å². The fourth-order valence-electron chi connectivity index (χ4n) is 3.09. The minimum absolute atomic E-state index is 0.306. The first-order valence-electron chi connectivity index (χ1n) is 8.13. The lowest BCUT2D eigenvalue weighted by Gasteiger charge is -2.26. The van der Waals surface area contributed by atoms with Crippen molar-refractivity contribution < 1.29 is 9.53 Å². The van der Waals surface area contributed by atoms with E-state index < -0.39 is 0 Å². The molecule has 0 saturated heterocycles. The van der Waals surface area contributed by atoms with Gasteiger partial charge in [-0.2, -0.15) is 0 Å². The van der Waals surface area contributed by atoms with E-state index in [1.165, 1.54) is 32.1 Å². The zero-order valence-electron chi connectivity index (χ0n) is 13.3. The molecule has 1 fully saturated rings.